The van der Waals surface area contributed by atoms with Gasteiger partial charge in [0.05, 0.1) is 9.89 Å². The number of hydrogen-bond donors (Lipinski definition) is 1. The van der Waals surface area contributed by atoms with Gasteiger partial charge in [-0.2, -0.15) is 0 Å². The summed E-state index contributed by atoms with van der Waals surface area (Å²) in [6.45, 7) is 2.22. The van der Waals surface area contributed by atoms with Crippen molar-refractivity contribution < 1.29 is 5.11 Å². The van der Waals surface area contributed by atoms with Gasteiger partial charge in [-0.05, 0) is 44.3 Å². The lowest BCUT2D eigenvalue weighted by molar-refractivity contribution is 0.167. The fraction of sp³-hybridized carbons (Fsp3) is 0.667. The topological polar surface area (TPSA) is 20.2 Å². The minimum atomic E-state index is -0.297. The molecule has 92 valence electrons. The van der Waals surface area contributed by atoms with E-state index >= 15 is 0 Å². The lowest BCUT2D eigenvalue weighted by Gasteiger charge is -2.07. The van der Waals surface area contributed by atoms with Crippen LogP contribution in [0.5, 0.6) is 0 Å². The van der Waals surface area contributed by atoms with E-state index in [0.29, 0.717) is 0 Å². The van der Waals surface area contributed by atoms with Crippen LogP contribution in [-0.4, -0.2) is 5.11 Å². The van der Waals surface area contributed by atoms with Crippen molar-refractivity contribution in [1.82, 2.24) is 0 Å². The van der Waals surface area contributed by atoms with E-state index in [2.05, 4.69) is 38.8 Å². The van der Waals surface area contributed by atoms with Crippen LogP contribution in [0.4, 0.5) is 0 Å². The SMILES string of the molecule is CCCCCCCC(O)c1cc(Br)c(Br)s1. The third-order valence-corrected chi connectivity index (χ3v) is 5.93. The van der Waals surface area contributed by atoms with Crippen molar-refractivity contribution in [3.05, 3.63) is 19.2 Å². The lowest BCUT2D eigenvalue weighted by atomic mass is 10.1. The first-order valence-electron chi connectivity index (χ1n) is 5.78. The second-order valence-electron chi connectivity index (χ2n) is 3.99. The Balaban J connectivity index is 2.27. The van der Waals surface area contributed by atoms with Crippen LogP contribution < -0.4 is 0 Å². The van der Waals surface area contributed by atoms with E-state index in [1.54, 1.807) is 11.3 Å². The highest BCUT2D eigenvalue weighted by Gasteiger charge is 2.12. The van der Waals surface area contributed by atoms with Crippen molar-refractivity contribution in [2.45, 2.75) is 51.6 Å². The van der Waals surface area contributed by atoms with Crippen molar-refractivity contribution in [2.75, 3.05) is 0 Å². The summed E-state index contributed by atoms with van der Waals surface area (Å²) in [7, 11) is 0. The fourth-order valence-electron chi connectivity index (χ4n) is 1.61. The number of rotatable bonds is 7. The zero-order valence-corrected chi connectivity index (χ0v) is 13.5. The minimum absolute atomic E-state index is 0.297. The Morgan fingerprint density at radius 1 is 1.25 bits per heavy atom. The molecule has 0 aliphatic carbocycles. The largest absolute Gasteiger partial charge is 0.388 e. The standard InChI is InChI=1S/C12H18Br2OS/c1-2-3-4-5-6-7-10(15)11-8-9(13)12(14)16-11/h8,10,15H,2-7H2,1H3. The Bertz CT molecular complexity index is 292. The average Bonchev–Trinajstić information content (AvgIpc) is 2.59. The second-order valence-corrected chi connectivity index (χ2v) is 7.25. The zero-order chi connectivity index (χ0) is 12.0. The Kier molecular flexibility index (Phi) is 7.20. The first-order chi connectivity index (χ1) is 7.65. The molecule has 4 heteroatoms. The molecule has 1 aromatic heterocycles. The predicted octanol–water partition coefficient (Wildman–Crippen LogP) is 5.67. The summed E-state index contributed by atoms with van der Waals surface area (Å²) >= 11 is 8.50. The molecule has 0 saturated heterocycles. The molecule has 1 aromatic rings. The van der Waals surface area contributed by atoms with Gasteiger partial charge < -0.3 is 5.11 Å². The molecule has 0 bridgehead atoms. The fourth-order valence-corrected chi connectivity index (χ4v) is 3.72. The molecule has 0 aliphatic heterocycles. The third kappa shape index (κ3) is 4.86. The Hall–Kier alpha value is 0.620. The van der Waals surface area contributed by atoms with Crippen LogP contribution in [0.3, 0.4) is 0 Å². The van der Waals surface area contributed by atoms with Crippen molar-refractivity contribution >= 4 is 43.2 Å². The average molecular weight is 370 g/mol. The molecule has 1 nitrogen and oxygen atoms in total. The maximum Gasteiger partial charge on any atom is 0.0882 e. The summed E-state index contributed by atoms with van der Waals surface area (Å²) in [5.74, 6) is 0. The van der Waals surface area contributed by atoms with Crippen LogP contribution in [-0.2, 0) is 0 Å². The van der Waals surface area contributed by atoms with Crippen molar-refractivity contribution in [2.24, 2.45) is 0 Å². The van der Waals surface area contributed by atoms with Crippen LogP contribution in [0, 0.1) is 0 Å². The Labute approximate surface area is 119 Å². The van der Waals surface area contributed by atoms with E-state index in [1.807, 2.05) is 6.07 Å². The molecule has 1 atom stereocenters. The van der Waals surface area contributed by atoms with Gasteiger partial charge in [-0.15, -0.1) is 11.3 Å². The lowest BCUT2D eigenvalue weighted by Crippen LogP contribution is -1.94. The summed E-state index contributed by atoms with van der Waals surface area (Å²) in [5, 5.41) is 9.98. The van der Waals surface area contributed by atoms with E-state index in [4.69, 9.17) is 0 Å². The Morgan fingerprint density at radius 2 is 1.94 bits per heavy atom. The van der Waals surface area contributed by atoms with Crippen LogP contribution in [0.25, 0.3) is 0 Å². The number of thiophene rings is 1. The summed E-state index contributed by atoms with van der Waals surface area (Å²) in [6, 6.07) is 2.01. The number of aliphatic hydroxyl groups is 1. The van der Waals surface area contributed by atoms with Crippen LogP contribution in [0.15, 0.2) is 14.3 Å². The molecule has 16 heavy (non-hydrogen) atoms. The van der Waals surface area contributed by atoms with Crippen molar-refractivity contribution in [3.8, 4) is 0 Å². The molecular weight excluding hydrogens is 352 g/mol. The van der Waals surface area contributed by atoms with Crippen LogP contribution in [0.2, 0.25) is 0 Å². The number of hydrogen-bond acceptors (Lipinski definition) is 2. The van der Waals surface area contributed by atoms with Gasteiger partial charge in [0, 0.05) is 9.35 Å². The molecule has 0 amide bonds. The molecule has 0 saturated carbocycles. The molecule has 1 unspecified atom stereocenters. The molecule has 0 fully saturated rings. The molecule has 0 spiro atoms. The van der Waals surface area contributed by atoms with E-state index in [9.17, 15) is 5.11 Å². The third-order valence-electron chi connectivity index (χ3n) is 2.57. The highest BCUT2D eigenvalue weighted by Crippen LogP contribution is 2.36. The molecule has 1 heterocycles. The van der Waals surface area contributed by atoms with Gasteiger partial charge in [-0.25, -0.2) is 0 Å². The molecule has 1 N–H and O–H groups in total. The quantitative estimate of drug-likeness (QED) is 0.614. The predicted molar refractivity (Wildman–Crippen MR) is 78.1 cm³/mol. The smallest absolute Gasteiger partial charge is 0.0882 e. The summed E-state index contributed by atoms with van der Waals surface area (Å²) in [4.78, 5) is 1.05. The number of aliphatic hydroxyl groups excluding tert-OH is 1. The van der Waals surface area contributed by atoms with Gasteiger partial charge in [0.2, 0.25) is 0 Å². The van der Waals surface area contributed by atoms with E-state index in [0.717, 1.165) is 26.0 Å². The van der Waals surface area contributed by atoms with Gasteiger partial charge in [0.25, 0.3) is 0 Å². The zero-order valence-electron chi connectivity index (χ0n) is 9.51. The maximum atomic E-state index is 9.98. The summed E-state index contributed by atoms with van der Waals surface area (Å²) in [5.41, 5.74) is 0. The number of halogens is 2. The molecule has 1 rings (SSSR count). The monoisotopic (exact) mass is 368 g/mol. The van der Waals surface area contributed by atoms with Gasteiger partial charge >= 0.3 is 0 Å². The van der Waals surface area contributed by atoms with Gasteiger partial charge in [0.15, 0.2) is 0 Å². The highest BCUT2D eigenvalue weighted by atomic mass is 79.9. The van der Waals surface area contributed by atoms with Gasteiger partial charge in [0.1, 0.15) is 0 Å². The first-order valence-corrected chi connectivity index (χ1v) is 8.18. The normalized spacial score (nSPS) is 13.0. The van der Waals surface area contributed by atoms with E-state index in [1.165, 1.54) is 25.7 Å². The van der Waals surface area contributed by atoms with Gasteiger partial charge in [-0.3, -0.25) is 0 Å². The van der Waals surface area contributed by atoms with Gasteiger partial charge in [-0.1, -0.05) is 39.0 Å². The molecule has 0 radical (unpaired) electrons. The molecular formula is C12H18Br2OS. The Morgan fingerprint density at radius 3 is 2.50 bits per heavy atom. The van der Waals surface area contributed by atoms with E-state index in [-0.39, 0.29) is 6.10 Å². The van der Waals surface area contributed by atoms with Crippen molar-refractivity contribution in [3.63, 3.8) is 0 Å². The van der Waals surface area contributed by atoms with Crippen LogP contribution in [0.1, 0.15) is 56.4 Å². The van der Waals surface area contributed by atoms with E-state index < -0.39 is 0 Å². The summed E-state index contributed by atoms with van der Waals surface area (Å²) in [6.07, 6.45) is 6.81. The number of unbranched alkanes of at least 4 members (excludes halogenated alkanes) is 4. The second kappa shape index (κ2) is 7.85. The van der Waals surface area contributed by atoms with Crippen molar-refractivity contribution in [1.29, 1.82) is 0 Å². The highest BCUT2D eigenvalue weighted by molar-refractivity contribution is 9.13. The minimum Gasteiger partial charge on any atom is -0.388 e. The van der Waals surface area contributed by atoms with Crippen LogP contribution >= 0.6 is 43.2 Å². The molecule has 0 aromatic carbocycles. The maximum absolute atomic E-state index is 9.98. The molecule has 0 aliphatic rings. The summed E-state index contributed by atoms with van der Waals surface area (Å²) < 4.78 is 2.10. The first kappa shape index (κ1) is 14.7.